The molecule has 0 N–H and O–H groups in total. The van der Waals surface area contributed by atoms with Crippen LogP contribution in [-0.2, 0) is 4.79 Å². The average Bonchev–Trinajstić information content (AvgIpc) is 2.58. The topological polar surface area (TPSA) is 17.1 Å². The molecule has 0 spiro atoms. The molecule has 1 nitrogen and oxygen atoms in total. The predicted molar refractivity (Wildman–Crippen MR) is 60.2 cm³/mol. The lowest BCUT2D eigenvalue weighted by Gasteiger charge is -1.96. The standard InChI is InChI=1S/C13H20O/c1-2-3-4-5-6-7-8-12-9-10-13(14)11-12/h5-8,12H,2-4,9-11H2,1H3/b6-5+,8-7+/t12-/m0/s1. The van der Waals surface area contributed by atoms with Gasteiger partial charge in [0.15, 0.2) is 0 Å². The highest BCUT2D eigenvalue weighted by atomic mass is 16.1. The van der Waals surface area contributed by atoms with Gasteiger partial charge in [0.05, 0.1) is 0 Å². The van der Waals surface area contributed by atoms with E-state index in [4.69, 9.17) is 0 Å². The van der Waals surface area contributed by atoms with Crippen LogP contribution in [0, 0.1) is 5.92 Å². The minimum absolute atomic E-state index is 0.426. The van der Waals surface area contributed by atoms with Gasteiger partial charge in [-0.05, 0) is 18.8 Å². The van der Waals surface area contributed by atoms with Gasteiger partial charge in [-0.2, -0.15) is 0 Å². The summed E-state index contributed by atoms with van der Waals surface area (Å²) in [5.41, 5.74) is 0. The van der Waals surface area contributed by atoms with Crippen molar-refractivity contribution in [2.24, 2.45) is 5.92 Å². The fourth-order valence-corrected chi connectivity index (χ4v) is 1.73. The maximum absolute atomic E-state index is 11.0. The molecule has 1 rings (SSSR count). The summed E-state index contributed by atoms with van der Waals surface area (Å²) in [6, 6.07) is 0. The van der Waals surface area contributed by atoms with Crippen LogP contribution in [0.1, 0.15) is 45.4 Å². The summed E-state index contributed by atoms with van der Waals surface area (Å²) < 4.78 is 0. The number of rotatable bonds is 5. The Balaban J connectivity index is 2.14. The maximum Gasteiger partial charge on any atom is 0.133 e. The zero-order chi connectivity index (χ0) is 10.2. The highest BCUT2D eigenvalue weighted by molar-refractivity contribution is 5.80. The molecule has 0 unspecified atom stereocenters. The van der Waals surface area contributed by atoms with E-state index in [-0.39, 0.29) is 0 Å². The minimum atomic E-state index is 0.426. The molecule has 0 amide bonds. The predicted octanol–water partition coefficient (Wildman–Crippen LogP) is 3.66. The van der Waals surface area contributed by atoms with E-state index in [1.54, 1.807) is 0 Å². The van der Waals surface area contributed by atoms with Crippen LogP contribution in [0.15, 0.2) is 24.3 Å². The van der Waals surface area contributed by atoms with Crippen molar-refractivity contribution < 1.29 is 4.79 Å². The Hall–Kier alpha value is -0.850. The first kappa shape index (κ1) is 11.2. The third-order valence-electron chi connectivity index (χ3n) is 2.64. The van der Waals surface area contributed by atoms with E-state index in [1.807, 2.05) is 0 Å². The van der Waals surface area contributed by atoms with Crippen LogP contribution >= 0.6 is 0 Å². The van der Waals surface area contributed by atoms with Gasteiger partial charge in [-0.15, -0.1) is 0 Å². The number of hydrogen-bond acceptors (Lipinski definition) is 1. The first-order valence-corrected chi connectivity index (χ1v) is 5.68. The quantitative estimate of drug-likeness (QED) is 0.480. The number of Topliss-reactive ketones (excluding diaryl/α,β-unsaturated/α-hetero) is 1. The zero-order valence-electron chi connectivity index (χ0n) is 9.04. The van der Waals surface area contributed by atoms with E-state index in [1.165, 1.54) is 19.3 Å². The number of ketones is 1. The second kappa shape index (κ2) is 6.58. The second-order valence-corrected chi connectivity index (χ2v) is 4.00. The number of unbranched alkanes of at least 4 members (excludes halogenated alkanes) is 2. The molecule has 0 radical (unpaired) electrons. The van der Waals surface area contributed by atoms with Crippen molar-refractivity contribution in [2.75, 3.05) is 0 Å². The van der Waals surface area contributed by atoms with Crippen molar-refractivity contribution in [3.8, 4) is 0 Å². The molecule has 0 aromatic carbocycles. The van der Waals surface area contributed by atoms with Crippen LogP contribution in [0.4, 0.5) is 0 Å². The highest BCUT2D eigenvalue weighted by Gasteiger charge is 2.18. The van der Waals surface area contributed by atoms with Crippen molar-refractivity contribution in [1.29, 1.82) is 0 Å². The number of hydrogen-bond donors (Lipinski definition) is 0. The molecule has 1 aliphatic carbocycles. The smallest absolute Gasteiger partial charge is 0.133 e. The van der Waals surface area contributed by atoms with Gasteiger partial charge in [0.1, 0.15) is 5.78 Å². The Labute approximate surface area is 86.9 Å². The Morgan fingerprint density at radius 1 is 1.43 bits per heavy atom. The number of carbonyl (C=O) groups is 1. The van der Waals surface area contributed by atoms with E-state index < -0.39 is 0 Å². The van der Waals surface area contributed by atoms with Crippen molar-refractivity contribution in [3.63, 3.8) is 0 Å². The molecule has 0 aromatic rings. The fraction of sp³-hybridized carbons (Fsp3) is 0.615. The summed E-state index contributed by atoms with van der Waals surface area (Å²) in [7, 11) is 0. The van der Waals surface area contributed by atoms with Crippen LogP contribution < -0.4 is 0 Å². The molecule has 1 atom stereocenters. The van der Waals surface area contributed by atoms with Gasteiger partial charge in [-0.1, -0.05) is 44.1 Å². The fourth-order valence-electron chi connectivity index (χ4n) is 1.73. The normalized spacial score (nSPS) is 22.9. The summed E-state index contributed by atoms with van der Waals surface area (Å²) in [5, 5.41) is 0. The molecule has 1 saturated carbocycles. The van der Waals surface area contributed by atoms with E-state index in [9.17, 15) is 4.79 Å². The lowest BCUT2D eigenvalue weighted by molar-refractivity contribution is -0.117. The summed E-state index contributed by atoms with van der Waals surface area (Å²) >= 11 is 0. The Kier molecular flexibility index (Phi) is 5.28. The van der Waals surface area contributed by atoms with E-state index in [2.05, 4.69) is 31.2 Å². The van der Waals surface area contributed by atoms with Crippen LogP contribution in [0.5, 0.6) is 0 Å². The summed E-state index contributed by atoms with van der Waals surface area (Å²) in [6.45, 7) is 2.20. The van der Waals surface area contributed by atoms with Gasteiger partial charge in [0.25, 0.3) is 0 Å². The highest BCUT2D eigenvalue weighted by Crippen LogP contribution is 2.22. The molecule has 0 heterocycles. The van der Waals surface area contributed by atoms with Gasteiger partial charge in [-0.3, -0.25) is 4.79 Å². The molecule has 0 saturated heterocycles. The number of allylic oxidation sites excluding steroid dienone is 4. The summed E-state index contributed by atoms with van der Waals surface area (Å²) in [6.07, 6.45) is 14.9. The molecule has 1 aliphatic rings. The molecular weight excluding hydrogens is 172 g/mol. The van der Waals surface area contributed by atoms with Crippen LogP contribution in [0.3, 0.4) is 0 Å². The summed E-state index contributed by atoms with van der Waals surface area (Å²) in [4.78, 5) is 11.0. The molecule has 78 valence electrons. The molecule has 0 bridgehead atoms. The Bertz CT molecular complexity index is 225. The first-order chi connectivity index (χ1) is 6.83. The lowest BCUT2D eigenvalue weighted by atomic mass is 10.1. The van der Waals surface area contributed by atoms with Gasteiger partial charge >= 0.3 is 0 Å². The largest absolute Gasteiger partial charge is 0.300 e. The Morgan fingerprint density at radius 3 is 2.93 bits per heavy atom. The average molecular weight is 192 g/mol. The van der Waals surface area contributed by atoms with E-state index in [0.29, 0.717) is 11.7 Å². The third-order valence-corrected chi connectivity index (χ3v) is 2.64. The van der Waals surface area contributed by atoms with Crippen LogP contribution in [-0.4, -0.2) is 5.78 Å². The van der Waals surface area contributed by atoms with Crippen LogP contribution in [0.25, 0.3) is 0 Å². The minimum Gasteiger partial charge on any atom is -0.300 e. The third kappa shape index (κ3) is 4.40. The first-order valence-electron chi connectivity index (χ1n) is 5.68. The molecule has 1 heteroatoms. The van der Waals surface area contributed by atoms with E-state index >= 15 is 0 Å². The number of carbonyl (C=O) groups excluding carboxylic acids is 1. The second-order valence-electron chi connectivity index (χ2n) is 4.00. The molecular formula is C13H20O. The van der Waals surface area contributed by atoms with Crippen molar-refractivity contribution in [3.05, 3.63) is 24.3 Å². The molecule has 0 aliphatic heterocycles. The maximum atomic E-state index is 11.0. The zero-order valence-corrected chi connectivity index (χ0v) is 9.04. The van der Waals surface area contributed by atoms with Crippen molar-refractivity contribution in [1.82, 2.24) is 0 Å². The lowest BCUT2D eigenvalue weighted by Crippen LogP contribution is -1.89. The van der Waals surface area contributed by atoms with Gasteiger partial charge < -0.3 is 0 Å². The molecule has 0 aromatic heterocycles. The SMILES string of the molecule is CCCC/C=C/C=C/[C@H]1CCC(=O)C1. The van der Waals surface area contributed by atoms with Gasteiger partial charge in [0.2, 0.25) is 0 Å². The van der Waals surface area contributed by atoms with Crippen molar-refractivity contribution >= 4 is 5.78 Å². The van der Waals surface area contributed by atoms with E-state index in [0.717, 1.165) is 19.3 Å². The van der Waals surface area contributed by atoms with Gasteiger partial charge in [0, 0.05) is 12.8 Å². The molecule has 14 heavy (non-hydrogen) atoms. The Morgan fingerprint density at radius 2 is 2.29 bits per heavy atom. The van der Waals surface area contributed by atoms with Crippen LogP contribution in [0.2, 0.25) is 0 Å². The monoisotopic (exact) mass is 192 g/mol. The molecule has 1 fully saturated rings. The van der Waals surface area contributed by atoms with Crippen molar-refractivity contribution in [2.45, 2.75) is 45.4 Å². The summed E-state index contributed by atoms with van der Waals surface area (Å²) in [5.74, 6) is 0.938. The van der Waals surface area contributed by atoms with Gasteiger partial charge in [-0.25, -0.2) is 0 Å².